The van der Waals surface area contributed by atoms with Crippen molar-refractivity contribution in [2.24, 2.45) is 0 Å². The Bertz CT molecular complexity index is 1360. The van der Waals surface area contributed by atoms with E-state index >= 15 is 0 Å². The van der Waals surface area contributed by atoms with Gasteiger partial charge in [0, 0.05) is 35.3 Å². The summed E-state index contributed by atoms with van der Waals surface area (Å²) in [6.45, 7) is 4.34. The summed E-state index contributed by atoms with van der Waals surface area (Å²) in [6, 6.07) is 24.6. The van der Waals surface area contributed by atoms with E-state index in [4.69, 9.17) is 9.72 Å². The zero-order valence-electron chi connectivity index (χ0n) is 19.0. The molecule has 0 atom stereocenters. The summed E-state index contributed by atoms with van der Waals surface area (Å²) >= 11 is 0. The summed E-state index contributed by atoms with van der Waals surface area (Å²) in [5.41, 5.74) is 5.38. The molecule has 2 amide bonds. The van der Waals surface area contributed by atoms with Gasteiger partial charge in [0.15, 0.2) is 0 Å². The maximum absolute atomic E-state index is 13.3. The van der Waals surface area contributed by atoms with Gasteiger partial charge in [-0.2, -0.15) is 0 Å². The van der Waals surface area contributed by atoms with Gasteiger partial charge in [0.2, 0.25) is 0 Å². The quantitative estimate of drug-likeness (QED) is 0.477. The third-order valence-electron chi connectivity index (χ3n) is 5.96. The van der Waals surface area contributed by atoms with Crippen LogP contribution in [0, 0.1) is 6.92 Å². The molecule has 1 aromatic heterocycles. The highest BCUT2D eigenvalue weighted by molar-refractivity contribution is 6.13. The minimum absolute atomic E-state index is 0.0240. The number of morpholine rings is 1. The highest BCUT2D eigenvalue weighted by Gasteiger charge is 2.19. The van der Waals surface area contributed by atoms with Crippen LogP contribution in [0.5, 0.6) is 0 Å². The van der Waals surface area contributed by atoms with Crippen molar-refractivity contribution in [3.63, 3.8) is 0 Å². The molecule has 5 rings (SSSR count). The number of carbonyl (C=O) groups excluding carboxylic acids is 2. The van der Waals surface area contributed by atoms with Crippen molar-refractivity contribution in [2.45, 2.75) is 6.92 Å². The van der Waals surface area contributed by atoms with E-state index < -0.39 is 0 Å². The van der Waals surface area contributed by atoms with Crippen molar-refractivity contribution in [2.75, 3.05) is 31.6 Å². The molecule has 1 saturated heterocycles. The first-order chi connectivity index (χ1) is 16.6. The molecule has 6 heteroatoms. The molecule has 0 spiro atoms. The van der Waals surface area contributed by atoms with Crippen LogP contribution in [0.25, 0.3) is 22.2 Å². The number of hydrogen-bond donors (Lipinski definition) is 1. The fourth-order valence-corrected chi connectivity index (χ4v) is 4.16. The van der Waals surface area contributed by atoms with Crippen LogP contribution in [0.15, 0.2) is 78.9 Å². The predicted octanol–water partition coefficient (Wildman–Crippen LogP) is 4.93. The zero-order valence-corrected chi connectivity index (χ0v) is 19.0. The third-order valence-corrected chi connectivity index (χ3v) is 5.96. The maximum Gasteiger partial charge on any atom is 0.256 e. The molecular weight excluding hydrogens is 426 g/mol. The highest BCUT2D eigenvalue weighted by atomic mass is 16.5. The van der Waals surface area contributed by atoms with Crippen LogP contribution in [0.3, 0.4) is 0 Å². The van der Waals surface area contributed by atoms with Crippen LogP contribution >= 0.6 is 0 Å². The molecule has 1 aliphatic rings. The molecule has 3 aromatic carbocycles. The lowest BCUT2D eigenvalue weighted by molar-refractivity contribution is 0.0303. The number of para-hydroxylation sites is 1. The molecule has 0 bridgehead atoms. The van der Waals surface area contributed by atoms with E-state index in [0.717, 1.165) is 27.7 Å². The van der Waals surface area contributed by atoms with Crippen LogP contribution in [0.2, 0.25) is 0 Å². The molecule has 0 saturated carbocycles. The Labute approximate surface area is 198 Å². The van der Waals surface area contributed by atoms with Gasteiger partial charge in [0.1, 0.15) is 0 Å². The van der Waals surface area contributed by atoms with Gasteiger partial charge in [0.25, 0.3) is 11.8 Å². The molecule has 0 unspecified atom stereocenters. The first-order valence-corrected chi connectivity index (χ1v) is 11.3. The lowest BCUT2D eigenvalue weighted by atomic mass is 10.0. The largest absolute Gasteiger partial charge is 0.378 e. The number of fused-ring (bicyclic) bond motifs is 1. The molecule has 0 radical (unpaired) electrons. The summed E-state index contributed by atoms with van der Waals surface area (Å²) in [5, 5.41) is 3.76. The van der Waals surface area contributed by atoms with E-state index in [-0.39, 0.29) is 11.8 Å². The van der Waals surface area contributed by atoms with E-state index in [1.807, 2.05) is 55.5 Å². The van der Waals surface area contributed by atoms with Gasteiger partial charge in [-0.15, -0.1) is 0 Å². The van der Waals surface area contributed by atoms with Gasteiger partial charge in [-0.3, -0.25) is 9.59 Å². The van der Waals surface area contributed by atoms with Crippen molar-refractivity contribution in [1.29, 1.82) is 0 Å². The van der Waals surface area contributed by atoms with Crippen molar-refractivity contribution in [3.05, 3.63) is 95.6 Å². The second-order valence-electron chi connectivity index (χ2n) is 8.38. The van der Waals surface area contributed by atoms with Gasteiger partial charge in [-0.25, -0.2) is 4.98 Å². The number of nitrogens with one attached hydrogen (secondary N) is 1. The summed E-state index contributed by atoms with van der Waals surface area (Å²) in [6.07, 6.45) is 0. The van der Waals surface area contributed by atoms with Gasteiger partial charge in [0.05, 0.1) is 30.0 Å². The standard InChI is InChI=1S/C28H25N3O3/c1-19-5-4-6-21(17-19)26-18-24(23-7-2-3-8-25(23)30-26)27(32)29-22-11-9-20(10-12-22)28(33)31-13-15-34-16-14-31/h2-12,17-18H,13-16H2,1H3,(H,29,32). The number of ether oxygens (including phenoxy) is 1. The Balaban J connectivity index is 1.41. The normalized spacial score (nSPS) is 13.6. The number of aryl methyl sites for hydroxylation is 1. The fourth-order valence-electron chi connectivity index (χ4n) is 4.16. The van der Waals surface area contributed by atoms with Crippen LogP contribution < -0.4 is 5.32 Å². The number of benzene rings is 3. The topological polar surface area (TPSA) is 71.5 Å². The second-order valence-corrected chi connectivity index (χ2v) is 8.38. The predicted molar refractivity (Wildman–Crippen MR) is 133 cm³/mol. The van der Waals surface area contributed by atoms with Crippen LogP contribution in [0.4, 0.5) is 5.69 Å². The Morgan fingerprint density at radius 2 is 1.68 bits per heavy atom. The first-order valence-electron chi connectivity index (χ1n) is 11.3. The van der Waals surface area contributed by atoms with Gasteiger partial charge in [-0.05, 0) is 49.4 Å². The number of rotatable bonds is 4. The molecular formula is C28H25N3O3. The van der Waals surface area contributed by atoms with Crippen molar-refractivity contribution >= 4 is 28.4 Å². The first kappa shape index (κ1) is 21.8. The molecule has 1 aliphatic heterocycles. The summed E-state index contributed by atoms with van der Waals surface area (Å²) in [4.78, 5) is 32.6. The molecule has 34 heavy (non-hydrogen) atoms. The summed E-state index contributed by atoms with van der Waals surface area (Å²) in [7, 11) is 0. The van der Waals surface area contributed by atoms with Crippen molar-refractivity contribution in [3.8, 4) is 11.3 Å². The van der Waals surface area contributed by atoms with Crippen molar-refractivity contribution < 1.29 is 14.3 Å². The number of pyridine rings is 1. The minimum Gasteiger partial charge on any atom is -0.378 e. The highest BCUT2D eigenvalue weighted by Crippen LogP contribution is 2.26. The Kier molecular flexibility index (Phi) is 6.06. The number of hydrogen-bond acceptors (Lipinski definition) is 4. The molecule has 1 fully saturated rings. The zero-order chi connectivity index (χ0) is 23.5. The molecule has 6 nitrogen and oxygen atoms in total. The van der Waals surface area contributed by atoms with Gasteiger partial charge < -0.3 is 15.0 Å². The van der Waals surface area contributed by atoms with Crippen LogP contribution in [-0.2, 0) is 4.74 Å². The second kappa shape index (κ2) is 9.45. The molecule has 2 heterocycles. The van der Waals surface area contributed by atoms with Crippen molar-refractivity contribution in [1.82, 2.24) is 9.88 Å². The monoisotopic (exact) mass is 451 g/mol. The number of amides is 2. The van der Waals surface area contributed by atoms with Crippen LogP contribution in [-0.4, -0.2) is 48.0 Å². The molecule has 0 aliphatic carbocycles. The number of anilines is 1. The Morgan fingerprint density at radius 1 is 0.912 bits per heavy atom. The average molecular weight is 452 g/mol. The maximum atomic E-state index is 13.3. The van der Waals surface area contributed by atoms with Crippen LogP contribution in [0.1, 0.15) is 26.3 Å². The molecule has 4 aromatic rings. The smallest absolute Gasteiger partial charge is 0.256 e. The van der Waals surface area contributed by atoms with E-state index in [9.17, 15) is 9.59 Å². The van der Waals surface area contributed by atoms with E-state index in [0.29, 0.717) is 43.1 Å². The molecule has 1 N–H and O–H groups in total. The van der Waals surface area contributed by atoms with E-state index in [1.54, 1.807) is 29.2 Å². The number of aromatic nitrogens is 1. The number of carbonyl (C=O) groups is 2. The van der Waals surface area contributed by atoms with E-state index in [2.05, 4.69) is 11.4 Å². The summed E-state index contributed by atoms with van der Waals surface area (Å²) in [5.74, 6) is -0.246. The Hall–Kier alpha value is -4.03. The third kappa shape index (κ3) is 4.54. The fraction of sp³-hybridized carbons (Fsp3) is 0.179. The molecule has 170 valence electrons. The lowest BCUT2D eigenvalue weighted by Crippen LogP contribution is -2.40. The van der Waals surface area contributed by atoms with Gasteiger partial charge in [-0.1, -0.05) is 42.0 Å². The minimum atomic E-state index is -0.222. The Morgan fingerprint density at radius 3 is 2.44 bits per heavy atom. The van der Waals surface area contributed by atoms with Gasteiger partial charge >= 0.3 is 0 Å². The summed E-state index contributed by atoms with van der Waals surface area (Å²) < 4.78 is 5.32. The lowest BCUT2D eigenvalue weighted by Gasteiger charge is -2.26. The van der Waals surface area contributed by atoms with E-state index in [1.165, 1.54) is 0 Å². The average Bonchev–Trinajstić information content (AvgIpc) is 2.88. The SMILES string of the molecule is Cc1cccc(-c2cc(C(=O)Nc3ccc(C(=O)N4CCOCC4)cc3)c3ccccc3n2)c1. The number of nitrogens with zero attached hydrogens (tertiary/aromatic N) is 2.